The summed E-state index contributed by atoms with van der Waals surface area (Å²) in [5.74, 6) is -0.246. The van der Waals surface area contributed by atoms with Crippen molar-refractivity contribution in [1.82, 2.24) is 9.88 Å². The van der Waals surface area contributed by atoms with E-state index >= 15 is 0 Å². The number of hydrogen-bond donors (Lipinski definition) is 1. The highest BCUT2D eigenvalue weighted by molar-refractivity contribution is 6.33. The minimum Gasteiger partial charge on any atom is -0.487 e. The van der Waals surface area contributed by atoms with E-state index in [2.05, 4.69) is 4.98 Å². The predicted molar refractivity (Wildman–Crippen MR) is 125 cm³/mol. The van der Waals surface area contributed by atoms with Gasteiger partial charge in [-0.1, -0.05) is 30.5 Å². The number of nitrogens with zero attached hydrogens (tertiary/aromatic N) is 2. The first kappa shape index (κ1) is 21.5. The van der Waals surface area contributed by atoms with Gasteiger partial charge in [-0.2, -0.15) is 0 Å². The van der Waals surface area contributed by atoms with Crippen molar-refractivity contribution in [2.24, 2.45) is 0 Å². The van der Waals surface area contributed by atoms with Crippen LogP contribution in [0.2, 0.25) is 5.02 Å². The van der Waals surface area contributed by atoms with Gasteiger partial charge in [0.2, 0.25) is 0 Å². The molecule has 7 heteroatoms. The minimum absolute atomic E-state index is 0.0584. The third kappa shape index (κ3) is 4.31. The van der Waals surface area contributed by atoms with Gasteiger partial charge in [0.25, 0.3) is 5.91 Å². The molecule has 0 saturated heterocycles. The van der Waals surface area contributed by atoms with Gasteiger partial charge in [0.15, 0.2) is 0 Å². The minimum atomic E-state index is -1.07. The van der Waals surface area contributed by atoms with Crippen molar-refractivity contribution in [3.63, 3.8) is 0 Å². The summed E-state index contributed by atoms with van der Waals surface area (Å²) in [5.41, 5.74) is 4.12. The summed E-state index contributed by atoms with van der Waals surface area (Å²) in [6.07, 6.45) is 6.24. The maximum atomic E-state index is 12.8. The largest absolute Gasteiger partial charge is 0.487 e. The van der Waals surface area contributed by atoms with Crippen molar-refractivity contribution in [3.8, 4) is 16.9 Å². The predicted octanol–water partition coefficient (Wildman–Crippen LogP) is 5.58. The molecule has 6 nitrogen and oxygen atoms in total. The Morgan fingerprint density at radius 2 is 1.88 bits per heavy atom. The van der Waals surface area contributed by atoms with Crippen LogP contribution in [0.15, 0.2) is 54.7 Å². The van der Waals surface area contributed by atoms with Gasteiger partial charge in [-0.3, -0.25) is 9.78 Å². The van der Waals surface area contributed by atoms with E-state index in [4.69, 9.17) is 16.3 Å². The number of carbonyl (C=O) groups excluding carboxylic acids is 1. The molecular weight excluding hydrogens is 440 g/mol. The lowest BCUT2D eigenvalue weighted by Crippen LogP contribution is -2.33. The van der Waals surface area contributed by atoms with Gasteiger partial charge in [0.1, 0.15) is 12.4 Å². The average Bonchev–Trinajstić information content (AvgIpc) is 3.46. The molecule has 1 fully saturated rings. The van der Waals surface area contributed by atoms with Gasteiger partial charge < -0.3 is 14.7 Å². The summed E-state index contributed by atoms with van der Waals surface area (Å²) in [7, 11) is 0. The first-order valence-electron chi connectivity index (χ1n) is 11.0. The van der Waals surface area contributed by atoms with Crippen LogP contribution in [0.25, 0.3) is 11.1 Å². The number of aromatic carboxylic acids is 1. The average molecular weight is 463 g/mol. The number of carbonyl (C=O) groups is 2. The van der Waals surface area contributed by atoms with Crippen molar-refractivity contribution in [2.45, 2.75) is 44.9 Å². The maximum Gasteiger partial charge on any atom is 0.337 e. The van der Waals surface area contributed by atoms with Gasteiger partial charge >= 0.3 is 5.97 Å². The molecule has 1 N–H and O–H groups in total. The molecule has 2 aromatic carbocycles. The fourth-order valence-electron chi connectivity index (χ4n) is 4.68. The van der Waals surface area contributed by atoms with E-state index in [1.807, 2.05) is 35.2 Å². The van der Waals surface area contributed by atoms with Crippen molar-refractivity contribution in [1.29, 1.82) is 0 Å². The molecule has 0 bridgehead atoms. The highest BCUT2D eigenvalue weighted by Crippen LogP contribution is 2.33. The zero-order chi connectivity index (χ0) is 22.9. The molecule has 0 atom stereocenters. The van der Waals surface area contributed by atoms with Crippen molar-refractivity contribution >= 4 is 23.5 Å². The highest BCUT2D eigenvalue weighted by Gasteiger charge is 2.34. The van der Waals surface area contributed by atoms with Crippen LogP contribution in [0.3, 0.4) is 0 Å². The molecule has 0 radical (unpaired) electrons. The summed E-state index contributed by atoms with van der Waals surface area (Å²) in [4.78, 5) is 30.5. The molecule has 1 aromatic heterocycles. The van der Waals surface area contributed by atoms with Crippen LogP contribution in [-0.4, -0.2) is 32.9 Å². The van der Waals surface area contributed by atoms with Gasteiger partial charge in [-0.05, 0) is 72.0 Å². The fraction of sp³-hybridized carbons (Fsp3) is 0.269. The van der Waals surface area contributed by atoms with E-state index in [0.29, 0.717) is 24.0 Å². The molecule has 2 aliphatic rings. The summed E-state index contributed by atoms with van der Waals surface area (Å²) >= 11 is 5.99. The number of fused-ring (bicyclic) bond motifs is 1. The lowest BCUT2D eigenvalue weighted by atomic mass is 10.0. The van der Waals surface area contributed by atoms with Crippen molar-refractivity contribution in [2.75, 3.05) is 0 Å². The fourth-order valence-corrected chi connectivity index (χ4v) is 4.88. The Morgan fingerprint density at radius 1 is 1.09 bits per heavy atom. The Balaban J connectivity index is 1.30. The summed E-state index contributed by atoms with van der Waals surface area (Å²) in [5, 5.41) is 9.52. The van der Waals surface area contributed by atoms with Gasteiger partial charge in [0, 0.05) is 24.3 Å². The monoisotopic (exact) mass is 462 g/mol. The first-order chi connectivity index (χ1) is 16.0. The zero-order valence-corrected chi connectivity index (χ0v) is 18.7. The van der Waals surface area contributed by atoms with Gasteiger partial charge in [-0.25, -0.2) is 4.79 Å². The van der Waals surface area contributed by atoms with Crippen LogP contribution >= 0.6 is 11.6 Å². The Labute approximate surface area is 196 Å². The lowest BCUT2D eigenvalue weighted by Gasteiger charge is -2.23. The first-order valence-corrected chi connectivity index (χ1v) is 11.4. The second kappa shape index (κ2) is 8.87. The lowest BCUT2D eigenvalue weighted by molar-refractivity contribution is 0.0691. The molecule has 1 aliphatic carbocycles. The highest BCUT2D eigenvalue weighted by atomic mass is 35.5. The number of aromatic nitrogens is 1. The smallest absolute Gasteiger partial charge is 0.337 e. The summed E-state index contributed by atoms with van der Waals surface area (Å²) in [6, 6.07) is 14.6. The van der Waals surface area contributed by atoms with E-state index in [1.54, 1.807) is 24.4 Å². The number of rotatable bonds is 6. The number of ether oxygens (including phenoxy) is 1. The Hall–Kier alpha value is -3.38. The number of halogens is 1. The van der Waals surface area contributed by atoms with Crippen LogP contribution < -0.4 is 4.74 Å². The molecule has 0 spiro atoms. The number of carboxylic acids is 1. The number of benzene rings is 2. The molecule has 0 unspecified atom stereocenters. The SMILES string of the molecule is O=C(O)c1cc(-c2ccnc(COc3ccc4c(c3)CN(C3CCCC3)C4=O)c2)ccc1Cl. The molecule has 2 heterocycles. The van der Waals surface area contributed by atoms with Crippen LogP contribution in [0.5, 0.6) is 5.75 Å². The molecule has 1 saturated carbocycles. The van der Waals surface area contributed by atoms with E-state index in [9.17, 15) is 14.7 Å². The van der Waals surface area contributed by atoms with Crippen molar-refractivity contribution in [3.05, 3.63) is 82.1 Å². The van der Waals surface area contributed by atoms with Crippen LogP contribution in [0, 0.1) is 0 Å². The van der Waals surface area contributed by atoms with E-state index in [1.165, 1.54) is 12.8 Å². The third-order valence-electron chi connectivity index (χ3n) is 6.41. The zero-order valence-electron chi connectivity index (χ0n) is 18.0. The normalized spacial score (nSPS) is 15.7. The molecule has 1 aliphatic heterocycles. The Morgan fingerprint density at radius 3 is 2.67 bits per heavy atom. The van der Waals surface area contributed by atoms with Crippen LogP contribution in [0.4, 0.5) is 0 Å². The van der Waals surface area contributed by atoms with E-state index < -0.39 is 5.97 Å². The molecule has 5 rings (SSSR count). The number of hydrogen-bond acceptors (Lipinski definition) is 4. The standard InChI is InChI=1S/C26H23ClN2O4/c27-24-8-5-16(13-23(24)26(31)32)17-9-10-28-19(11-17)15-33-21-6-7-22-18(12-21)14-29(25(22)30)20-3-1-2-4-20/h5-13,20H,1-4,14-15H2,(H,31,32). The maximum absolute atomic E-state index is 12.8. The molecular formula is C26H23ClN2O4. The number of carboxylic acid groups (broad SMARTS) is 1. The van der Waals surface area contributed by atoms with Crippen LogP contribution in [-0.2, 0) is 13.2 Å². The molecule has 168 valence electrons. The molecule has 3 aromatic rings. The second-order valence-corrected chi connectivity index (χ2v) is 8.92. The van der Waals surface area contributed by atoms with E-state index in [-0.39, 0.29) is 23.1 Å². The molecule has 1 amide bonds. The summed E-state index contributed by atoms with van der Waals surface area (Å²) in [6.45, 7) is 0.901. The van der Waals surface area contributed by atoms with Gasteiger partial charge in [-0.15, -0.1) is 0 Å². The summed E-state index contributed by atoms with van der Waals surface area (Å²) < 4.78 is 5.98. The molecule has 33 heavy (non-hydrogen) atoms. The topological polar surface area (TPSA) is 79.7 Å². The second-order valence-electron chi connectivity index (χ2n) is 8.51. The van der Waals surface area contributed by atoms with Gasteiger partial charge in [0.05, 0.1) is 16.3 Å². The Bertz CT molecular complexity index is 1240. The number of amides is 1. The quantitative estimate of drug-likeness (QED) is 0.517. The Kier molecular flexibility index (Phi) is 5.77. The third-order valence-corrected chi connectivity index (χ3v) is 6.74. The van der Waals surface area contributed by atoms with Crippen LogP contribution in [0.1, 0.15) is 57.7 Å². The van der Waals surface area contributed by atoms with E-state index in [0.717, 1.165) is 35.1 Å². The van der Waals surface area contributed by atoms with Crippen molar-refractivity contribution < 1.29 is 19.4 Å². The number of pyridine rings is 1.